The maximum Gasteiger partial charge on any atom is 0.227 e. The third-order valence-corrected chi connectivity index (χ3v) is 6.44. The normalized spacial score (nSPS) is 12.2. The van der Waals surface area contributed by atoms with Crippen molar-refractivity contribution in [1.82, 2.24) is 14.7 Å². The third kappa shape index (κ3) is 6.79. The molecule has 0 aliphatic rings. The van der Waals surface area contributed by atoms with Gasteiger partial charge in [0.2, 0.25) is 5.88 Å². The SMILES string of the molecule is CCc1nn(-c2ccc(F)cc2)c(Oc2ccccc2)c1CN(CC(O)COc1ccccc1C)C(C)C. The second-order valence-electron chi connectivity index (χ2n) is 9.64. The van der Waals surface area contributed by atoms with Crippen LogP contribution in [0.5, 0.6) is 17.4 Å². The fourth-order valence-corrected chi connectivity index (χ4v) is 4.27. The first kappa shape index (κ1) is 27.4. The quantitative estimate of drug-likeness (QED) is 0.238. The van der Waals surface area contributed by atoms with Gasteiger partial charge in [-0.3, -0.25) is 4.90 Å². The molecule has 0 saturated heterocycles. The van der Waals surface area contributed by atoms with E-state index in [1.165, 1.54) is 12.1 Å². The Morgan fingerprint density at radius 2 is 1.66 bits per heavy atom. The lowest BCUT2D eigenvalue weighted by Crippen LogP contribution is -2.39. The van der Waals surface area contributed by atoms with Gasteiger partial charge in [0.05, 0.1) is 16.9 Å². The zero-order chi connectivity index (χ0) is 27.1. The average molecular weight is 518 g/mol. The summed E-state index contributed by atoms with van der Waals surface area (Å²) in [7, 11) is 0. The molecular weight excluding hydrogens is 481 g/mol. The number of nitrogens with zero attached hydrogens (tertiary/aromatic N) is 3. The van der Waals surface area contributed by atoms with Crippen molar-refractivity contribution in [3.63, 3.8) is 0 Å². The van der Waals surface area contributed by atoms with Crippen molar-refractivity contribution >= 4 is 0 Å². The molecule has 200 valence electrons. The van der Waals surface area contributed by atoms with Crippen molar-refractivity contribution in [2.75, 3.05) is 13.2 Å². The van der Waals surface area contributed by atoms with Crippen LogP contribution in [-0.4, -0.2) is 45.1 Å². The van der Waals surface area contributed by atoms with Crippen LogP contribution in [0.15, 0.2) is 78.9 Å². The van der Waals surface area contributed by atoms with Gasteiger partial charge in [-0.15, -0.1) is 0 Å². The Morgan fingerprint density at radius 3 is 2.32 bits per heavy atom. The summed E-state index contributed by atoms with van der Waals surface area (Å²) >= 11 is 0. The van der Waals surface area contributed by atoms with E-state index in [9.17, 15) is 9.50 Å². The minimum absolute atomic E-state index is 0.145. The highest BCUT2D eigenvalue weighted by molar-refractivity contribution is 5.44. The molecule has 6 nitrogen and oxygen atoms in total. The lowest BCUT2D eigenvalue weighted by Gasteiger charge is -2.29. The Kier molecular flexibility index (Phi) is 9.15. The minimum atomic E-state index is -0.687. The molecular formula is C31H36FN3O3. The van der Waals surface area contributed by atoms with E-state index in [-0.39, 0.29) is 18.5 Å². The van der Waals surface area contributed by atoms with Crippen molar-refractivity contribution in [3.05, 3.63) is 102 Å². The first-order valence-corrected chi connectivity index (χ1v) is 13.1. The monoisotopic (exact) mass is 517 g/mol. The summed E-state index contributed by atoms with van der Waals surface area (Å²) in [6.45, 7) is 9.37. The van der Waals surface area contributed by atoms with E-state index in [0.29, 0.717) is 36.8 Å². The van der Waals surface area contributed by atoms with E-state index in [2.05, 4.69) is 25.7 Å². The highest BCUT2D eigenvalue weighted by Gasteiger charge is 2.25. The molecule has 7 heteroatoms. The number of ether oxygens (including phenoxy) is 2. The standard InChI is InChI=1S/C31H36FN3O3/c1-5-29-28(20-34(22(2)3)19-26(36)21-37-30-14-10-9-11-23(30)4)31(38-27-12-7-6-8-13-27)35(33-29)25-17-15-24(32)16-18-25/h6-18,22,26,36H,5,19-21H2,1-4H3. The summed E-state index contributed by atoms with van der Waals surface area (Å²) in [5, 5.41) is 15.7. The van der Waals surface area contributed by atoms with Gasteiger partial charge in [-0.05, 0) is 75.2 Å². The number of para-hydroxylation sites is 2. The number of hydrogen-bond acceptors (Lipinski definition) is 5. The zero-order valence-electron chi connectivity index (χ0n) is 22.5. The van der Waals surface area contributed by atoms with Gasteiger partial charge >= 0.3 is 0 Å². The summed E-state index contributed by atoms with van der Waals surface area (Å²) in [6.07, 6.45) is 0.00671. The van der Waals surface area contributed by atoms with Crippen LogP contribution in [0.25, 0.3) is 5.69 Å². The van der Waals surface area contributed by atoms with Gasteiger partial charge in [-0.2, -0.15) is 5.10 Å². The average Bonchev–Trinajstić information content (AvgIpc) is 3.25. The Balaban J connectivity index is 1.61. The molecule has 0 bridgehead atoms. The predicted octanol–water partition coefficient (Wildman–Crippen LogP) is 6.32. The number of hydrogen-bond donors (Lipinski definition) is 1. The lowest BCUT2D eigenvalue weighted by molar-refractivity contribution is 0.0537. The van der Waals surface area contributed by atoms with Crippen LogP contribution < -0.4 is 9.47 Å². The number of aliphatic hydroxyl groups excluding tert-OH is 1. The van der Waals surface area contributed by atoms with Crippen molar-refractivity contribution < 1.29 is 19.0 Å². The summed E-state index contributed by atoms with van der Waals surface area (Å²) in [6, 6.07) is 23.7. The molecule has 1 N–H and O–H groups in total. The third-order valence-electron chi connectivity index (χ3n) is 6.44. The van der Waals surface area contributed by atoms with E-state index >= 15 is 0 Å². The van der Waals surface area contributed by atoms with E-state index < -0.39 is 6.10 Å². The lowest BCUT2D eigenvalue weighted by atomic mass is 10.1. The number of aromatic nitrogens is 2. The summed E-state index contributed by atoms with van der Waals surface area (Å²) in [5.41, 5.74) is 3.56. The Labute approximate surface area is 224 Å². The fraction of sp³-hybridized carbons (Fsp3) is 0.323. The van der Waals surface area contributed by atoms with Crippen molar-refractivity contribution in [2.45, 2.75) is 52.8 Å². The maximum atomic E-state index is 13.7. The smallest absolute Gasteiger partial charge is 0.227 e. The second-order valence-corrected chi connectivity index (χ2v) is 9.64. The van der Waals surface area contributed by atoms with Crippen molar-refractivity contribution in [2.24, 2.45) is 0 Å². The first-order chi connectivity index (χ1) is 18.4. The van der Waals surface area contributed by atoms with Gasteiger partial charge < -0.3 is 14.6 Å². The highest BCUT2D eigenvalue weighted by atomic mass is 19.1. The van der Waals surface area contributed by atoms with E-state index in [1.54, 1.807) is 16.8 Å². The van der Waals surface area contributed by atoms with Gasteiger partial charge in [-0.1, -0.05) is 43.3 Å². The number of benzene rings is 3. The van der Waals surface area contributed by atoms with Crippen LogP contribution in [0.4, 0.5) is 4.39 Å². The molecule has 0 aliphatic heterocycles. The molecule has 0 radical (unpaired) electrons. The summed E-state index contributed by atoms with van der Waals surface area (Å²) < 4.78 is 27.7. The Morgan fingerprint density at radius 1 is 0.974 bits per heavy atom. The predicted molar refractivity (Wildman–Crippen MR) is 148 cm³/mol. The Hall–Kier alpha value is -3.68. The number of halogens is 1. The summed E-state index contributed by atoms with van der Waals surface area (Å²) in [5.74, 6) is 1.73. The van der Waals surface area contributed by atoms with E-state index in [0.717, 1.165) is 22.6 Å². The van der Waals surface area contributed by atoms with Gasteiger partial charge in [0.15, 0.2) is 0 Å². The topological polar surface area (TPSA) is 59.8 Å². The molecule has 1 unspecified atom stereocenters. The van der Waals surface area contributed by atoms with Crippen LogP contribution in [0.2, 0.25) is 0 Å². The van der Waals surface area contributed by atoms with E-state index in [1.807, 2.05) is 61.5 Å². The molecule has 3 aromatic carbocycles. The molecule has 0 saturated carbocycles. The van der Waals surface area contributed by atoms with Crippen LogP contribution in [0, 0.1) is 12.7 Å². The van der Waals surface area contributed by atoms with Gasteiger partial charge in [0.1, 0.15) is 30.0 Å². The molecule has 4 rings (SSSR count). The molecule has 0 amide bonds. The molecule has 1 aromatic heterocycles. The van der Waals surface area contributed by atoms with Crippen molar-refractivity contribution in [1.29, 1.82) is 0 Å². The van der Waals surface area contributed by atoms with Crippen LogP contribution in [-0.2, 0) is 13.0 Å². The van der Waals surface area contributed by atoms with Crippen molar-refractivity contribution in [3.8, 4) is 23.1 Å². The molecule has 38 heavy (non-hydrogen) atoms. The fourth-order valence-electron chi connectivity index (χ4n) is 4.27. The zero-order valence-corrected chi connectivity index (χ0v) is 22.5. The second kappa shape index (κ2) is 12.7. The first-order valence-electron chi connectivity index (χ1n) is 13.1. The number of aryl methyl sites for hydroxylation is 2. The molecule has 1 heterocycles. The molecule has 0 aliphatic carbocycles. The maximum absolute atomic E-state index is 13.7. The molecule has 0 spiro atoms. The Bertz CT molecular complexity index is 1310. The largest absolute Gasteiger partial charge is 0.491 e. The van der Waals surface area contributed by atoms with Gasteiger partial charge in [0.25, 0.3) is 0 Å². The summed E-state index contributed by atoms with van der Waals surface area (Å²) in [4.78, 5) is 2.19. The minimum Gasteiger partial charge on any atom is -0.491 e. The van der Waals surface area contributed by atoms with E-state index in [4.69, 9.17) is 14.6 Å². The number of aliphatic hydroxyl groups is 1. The van der Waals surface area contributed by atoms with Gasteiger partial charge in [-0.25, -0.2) is 9.07 Å². The van der Waals surface area contributed by atoms with Gasteiger partial charge in [0, 0.05) is 19.1 Å². The van der Waals surface area contributed by atoms with Crippen LogP contribution in [0.1, 0.15) is 37.6 Å². The molecule has 1 atom stereocenters. The van der Waals surface area contributed by atoms with Crippen LogP contribution >= 0.6 is 0 Å². The van der Waals surface area contributed by atoms with Crippen LogP contribution in [0.3, 0.4) is 0 Å². The highest BCUT2D eigenvalue weighted by Crippen LogP contribution is 2.32. The molecule has 0 fully saturated rings. The molecule has 4 aromatic rings. The number of rotatable bonds is 12.